The Balaban J connectivity index is 2.02. The minimum Gasteiger partial charge on any atom is -0.381 e. The van der Waals surface area contributed by atoms with E-state index >= 15 is 0 Å². The van der Waals surface area contributed by atoms with Crippen molar-refractivity contribution in [2.75, 3.05) is 19.8 Å². The third kappa shape index (κ3) is 7.54. The molecule has 0 unspecified atom stereocenters. The van der Waals surface area contributed by atoms with Crippen LogP contribution in [-0.4, -0.2) is 31.8 Å². The maximum absolute atomic E-state index is 5.87. The highest BCUT2D eigenvalue weighted by molar-refractivity contribution is 5.78. The standard InChI is InChI=1S/C14H29N3O/c1-12(2)11-18-10-6-9-16-14(15)17-13-7-4-3-5-8-13/h12-13H,3-11H2,1-2H3,(H3,15,16,17). The quantitative estimate of drug-likeness (QED) is 0.417. The monoisotopic (exact) mass is 255 g/mol. The lowest BCUT2D eigenvalue weighted by Crippen LogP contribution is -2.41. The van der Waals surface area contributed by atoms with Crippen LogP contribution in [-0.2, 0) is 4.74 Å². The number of ether oxygens (including phenoxy) is 1. The summed E-state index contributed by atoms with van der Waals surface area (Å²) < 4.78 is 5.50. The molecule has 0 saturated heterocycles. The second-order valence-electron chi connectivity index (χ2n) is 5.57. The van der Waals surface area contributed by atoms with Gasteiger partial charge in [-0.3, -0.25) is 4.99 Å². The largest absolute Gasteiger partial charge is 0.381 e. The van der Waals surface area contributed by atoms with E-state index in [-0.39, 0.29) is 0 Å². The molecule has 1 saturated carbocycles. The van der Waals surface area contributed by atoms with Crippen LogP contribution in [0.1, 0.15) is 52.4 Å². The number of nitrogens with two attached hydrogens (primary N) is 1. The first kappa shape index (κ1) is 15.3. The van der Waals surface area contributed by atoms with E-state index in [1.807, 2.05) is 0 Å². The summed E-state index contributed by atoms with van der Waals surface area (Å²) in [5.41, 5.74) is 5.87. The van der Waals surface area contributed by atoms with Gasteiger partial charge in [-0.15, -0.1) is 0 Å². The molecule has 1 rings (SSSR count). The van der Waals surface area contributed by atoms with Crippen molar-refractivity contribution in [1.82, 2.24) is 5.32 Å². The molecule has 4 heteroatoms. The van der Waals surface area contributed by atoms with Crippen molar-refractivity contribution in [2.45, 2.75) is 58.4 Å². The van der Waals surface area contributed by atoms with Crippen LogP contribution in [0.4, 0.5) is 0 Å². The number of rotatable bonds is 7. The SMILES string of the molecule is CC(C)COCCCN=C(N)NC1CCCCC1. The van der Waals surface area contributed by atoms with Crippen LogP contribution in [0, 0.1) is 5.92 Å². The van der Waals surface area contributed by atoms with Crippen LogP contribution in [0.25, 0.3) is 0 Å². The lowest BCUT2D eigenvalue weighted by Gasteiger charge is -2.23. The van der Waals surface area contributed by atoms with Crippen LogP contribution in [0.3, 0.4) is 0 Å². The highest BCUT2D eigenvalue weighted by atomic mass is 16.5. The zero-order valence-corrected chi connectivity index (χ0v) is 12.0. The molecule has 4 nitrogen and oxygen atoms in total. The fraction of sp³-hybridized carbons (Fsp3) is 0.929. The molecular formula is C14H29N3O. The number of nitrogens with zero attached hydrogens (tertiary/aromatic N) is 1. The molecule has 0 aromatic carbocycles. The Morgan fingerprint density at radius 2 is 2.06 bits per heavy atom. The zero-order chi connectivity index (χ0) is 13.2. The van der Waals surface area contributed by atoms with Crippen molar-refractivity contribution in [1.29, 1.82) is 0 Å². The second kappa shape index (κ2) is 9.20. The summed E-state index contributed by atoms with van der Waals surface area (Å²) in [7, 11) is 0. The van der Waals surface area contributed by atoms with Crippen LogP contribution in [0.15, 0.2) is 4.99 Å². The Labute approximate surface area is 111 Å². The first-order chi connectivity index (χ1) is 8.68. The van der Waals surface area contributed by atoms with Crippen molar-refractivity contribution >= 4 is 5.96 Å². The molecule has 0 aromatic heterocycles. The summed E-state index contributed by atoms with van der Waals surface area (Å²) in [5.74, 6) is 1.21. The smallest absolute Gasteiger partial charge is 0.188 e. The molecule has 0 amide bonds. The molecule has 18 heavy (non-hydrogen) atoms. The van der Waals surface area contributed by atoms with Gasteiger partial charge in [-0.05, 0) is 25.2 Å². The van der Waals surface area contributed by atoms with Gasteiger partial charge in [-0.2, -0.15) is 0 Å². The number of hydrogen-bond acceptors (Lipinski definition) is 2. The van der Waals surface area contributed by atoms with Gasteiger partial charge >= 0.3 is 0 Å². The van der Waals surface area contributed by atoms with E-state index in [4.69, 9.17) is 10.5 Å². The summed E-state index contributed by atoms with van der Waals surface area (Å²) in [5, 5.41) is 3.31. The number of guanidine groups is 1. The average molecular weight is 255 g/mol. The number of nitrogens with one attached hydrogen (secondary N) is 1. The van der Waals surface area contributed by atoms with Gasteiger partial charge < -0.3 is 15.8 Å². The van der Waals surface area contributed by atoms with E-state index in [1.54, 1.807) is 0 Å². The first-order valence-electron chi connectivity index (χ1n) is 7.32. The van der Waals surface area contributed by atoms with E-state index in [9.17, 15) is 0 Å². The third-order valence-electron chi connectivity index (χ3n) is 3.14. The lowest BCUT2D eigenvalue weighted by molar-refractivity contribution is 0.109. The van der Waals surface area contributed by atoms with Crippen LogP contribution in [0.5, 0.6) is 0 Å². The molecule has 0 spiro atoms. The highest BCUT2D eigenvalue weighted by Crippen LogP contribution is 2.16. The third-order valence-corrected chi connectivity index (χ3v) is 3.14. The van der Waals surface area contributed by atoms with Crippen LogP contribution in [0.2, 0.25) is 0 Å². The maximum atomic E-state index is 5.87. The van der Waals surface area contributed by atoms with Crippen molar-refractivity contribution in [3.05, 3.63) is 0 Å². The Morgan fingerprint density at radius 1 is 1.33 bits per heavy atom. The molecule has 1 fully saturated rings. The van der Waals surface area contributed by atoms with Crippen molar-refractivity contribution in [3.8, 4) is 0 Å². The van der Waals surface area contributed by atoms with Gasteiger partial charge in [0.15, 0.2) is 5.96 Å². The van der Waals surface area contributed by atoms with Crippen molar-refractivity contribution in [3.63, 3.8) is 0 Å². The van der Waals surface area contributed by atoms with Gasteiger partial charge in [-0.25, -0.2) is 0 Å². The van der Waals surface area contributed by atoms with Gasteiger partial charge in [0.05, 0.1) is 0 Å². The molecule has 106 valence electrons. The van der Waals surface area contributed by atoms with E-state index < -0.39 is 0 Å². The molecule has 0 aliphatic heterocycles. The Hall–Kier alpha value is -0.770. The second-order valence-corrected chi connectivity index (χ2v) is 5.57. The Kier molecular flexibility index (Phi) is 7.81. The molecule has 1 aliphatic carbocycles. The van der Waals surface area contributed by atoms with Gasteiger partial charge in [0.2, 0.25) is 0 Å². The topological polar surface area (TPSA) is 59.6 Å². The molecule has 0 radical (unpaired) electrons. The predicted molar refractivity (Wildman–Crippen MR) is 76.8 cm³/mol. The van der Waals surface area contributed by atoms with E-state index in [0.717, 1.165) is 26.2 Å². The van der Waals surface area contributed by atoms with Gasteiger partial charge in [0, 0.05) is 25.8 Å². The van der Waals surface area contributed by atoms with Crippen molar-refractivity contribution < 1.29 is 4.74 Å². The van der Waals surface area contributed by atoms with E-state index in [0.29, 0.717) is 17.9 Å². The number of aliphatic imine (C=N–C) groups is 1. The minimum absolute atomic E-state index is 0.541. The Bertz CT molecular complexity index is 235. The van der Waals surface area contributed by atoms with Crippen LogP contribution < -0.4 is 11.1 Å². The summed E-state index contributed by atoms with van der Waals surface area (Å²) in [6.45, 7) is 6.68. The molecule has 3 N–H and O–H groups in total. The average Bonchev–Trinajstić information content (AvgIpc) is 2.34. The maximum Gasteiger partial charge on any atom is 0.188 e. The fourth-order valence-electron chi connectivity index (χ4n) is 2.19. The molecular weight excluding hydrogens is 226 g/mol. The summed E-state index contributed by atoms with van der Waals surface area (Å²) >= 11 is 0. The molecule has 0 bridgehead atoms. The minimum atomic E-state index is 0.541. The van der Waals surface area contributed by atoms with Crippen molar-refractivity contribution in [2.24, 2.45) is 16.6 Å². The van der Waals surface area contributed by atoms with Gasteiger partial charge in [0.25, 0.3) is 0 Å². The molecule has 0 aromatic rings. The molecule has 1 aliphatic rings. The lowest BCUT2D eigenvalue weighted by atomic mass is 9.96. The van der Waals surface area contributed by atoms with Crippen LogP contribution >= 0.6 is 0 Å². The summed E-state index contributed by atoms with van der Waals surface area (Å²) in [6.07, 6.45) is 7.39. The Morgan fingerprint density at radius 3 is 2.72 bits per heavy atom. The van der Waals surface area contributed by atoms with Gasteiger partial charge in [0.1, 0.15) is 0 Å². The van der Waals surface area contributed by atoms with E-state index in [1.165, 1.54) is 32.1 Å². The number of hydrogen-bond donors (Lipinski definition) is 2. The normalized spacial score (nSPS) is 18.3. The summed E-state index contributed by atoms with van der Waals surface area (Å²) in [4.78, 5) is 4.34. The zero-order valence-electron chi connectivity index (χ0n) is 12.0. The summed E-state index contributed by atoms with van der Waals surface area (Å²) in [6, 6.07) is 0.541. The van der Waals surface area contributed by atoms with Gasteiger partial charge in [-0.1, -0.05) is 33.1 Å². The molecule has 0 heterocycles. The first-order valence-corrected chi connectivity index (χ1v) is 7.32. The fourth-order valence-corrected chi connectivity index (χ4v) is 2.19. The predicted octanol–water partition coefficient (Wildman–Crippen LogP) is 2.29. The van der Waals surface area contributed by atoms with E-state index in [2.05, 4.69) is 24.2 Å². The highest BCUT2D eigenvalue weighted by Gasteiger charge is 2.12. The molecule has 0 atom stereocenters.